The summed E-state index contributed by atoms with van der Waals surface area (Å²) in [5.41, 5.74) is 0.757. The van der Waals surface area contributed by atoms with Gasteiger partial charge in [-0.15, -0.1) is 6.58 Å². The number of hydrogen-bond donors (Lipinski definition) is 0. The van der Waals surface area contributed by atoms with Crippen molar-refractivity contribution in [2.24, 2.45) is 0 Å². The number of para-hydroxylation sites is 1. The number of allylic oxidation sites excluding steroid dienone is 2. The maximum atomic E-state index is 10.6. The van der Waals surface area contributed by atoms with Crippen molar-refractivity contribution in [1.82, 2.24) is 0 Å². The lowest BCUT2D eigenvalue weighted by Crippen LogP contribution is -1.90. The molecule has 0 aliphatic heterocycles. The molecule has 0 aliphatic rings. The molecule has 0 heterocycles. The van der Waals surface area contributed by atoms with Gasteiger partial charge in [-0.1, -0.05) is 30.4 Å². The van der Waals surface area contributed by atoms with Gasteiger partial charge in [0.1, 0.15) is 0 Å². The molecule has 0 aromatic heterocycles. The number of nitrogens with zero attached hydrogens (tertiary/aromatic N) is 1. The summed E-state index contributed by atoms with van der Waals surface area (Å²) in [6, 6.07) is 6.65. The molecule has 3 heteroatoms. The average molecular weight is 189 g/mol. The van der Waals surface area contributed by atoms with Crippen LogP contribution in [0.5, 0.6) is 0 Å². The van der Waals surface area contributed by atoms with Gasteiger partial charge in [0.15, 0.2) is 0 Å². The average Bonchev–Trinajstić information content (AvgIpc) is 2.19. The molecule has 0 fully saturated rings. The Morgan fingerprint density at radius 3 is 2.79 bits per heavy atom. The third-order valence-corrected chi connectivity index (χ3v) is 1.73. The molecule has 1 aromatic carbocycles. The van der Waals surface area contributed by atoms with Crippen LogP contribution < -0.4 is 0 Å². The Hall–Kier alpha value is -1.90. The Balaban J connectivity index is 2.95. The third kappa shape index (κ3) is 2.55. The smallest absolute Gasteiger partial charge is 0.258 e. The highest BCUT2D eigenvalue weighted by molar-refractivity contribution is 5.60. The first-order chi connectivity index (χ1) is 6.75. The number of nitro benzene ring substituents is 1. The van der Waals surface area contributed by atoms with Gasteiger partial charge in [0.25, 0.3) is 5.69 Å². The zero-order chi connectivity index (χ0) is 10.4. The first-order valence-corrected chi connectivity index (χ1v) is 4.26. The lowest BCUT2D eigenvalue weighted by molar-refractivity contribution is -0.385. The summed E-state index contributed by atoms with van der Waals surface area (Å²) in [7, 11) is 0. The second-order valence-corrected chi connectivity index (χ2v) is 2.74. The van der Waals surface area contributed by atoms with Crippen LogP contribution in [0, 0.1) is 10.1 Å². The maximum Gasteiger partial charge on any atom is 0.276 e. The molecule has 1 rings (SSSR count). The topological polar surface area (TPSA) is 43.1 Å². The second kappa shape index (κ2) is 4.97. The molecular formula is C11H11NO2. The number of hydrogen-bond acceptors (Lipinski definition) is 2. The van der Waals surface area contributed by atoms with E-state index in [-0.39, 0.29) is 10.6 Å². The van der Waals surface area contributed by atoms with Gasteiger partial charge in [0.2, 0.25) is 0 Å². The first-order valence-electron chi connectivity index (χ1n) is 4.26. The molecule has 0 unspecified atom stereocenters. The van der Waals surface area contributed by atoms with E-state index in [4.69, 9.17) is 0 Å². The second-order valence-electron chi connectivity index (χ2n) is 2.74. The van der Waals surface area contributed by atoms with Crippen molar-refractivity contribution >= 4 is 11.8 Å². The molecule has 0 aliphatic carbocycles. The van der Waals surface area contributed by atoms with Gasteiger partial charge in [-0.3, -0.25) is 10.1 Å². The van der Waals surface area contributed by atoms with Crippen molar-refractivity contribution in [2.45, 2.75) is 6.42 Å². The van der Waals surface area contributed by atoms with Crippen molar-refractivity contribution in [3.05, 3.63) is 58.7 Å². The number of nitro groups is 1. The number of rotatable bonds is 4. The van der Waals surface area contributed by atoms with Gasteiger partial charge < -0.3 is 0 Å². The Morgan fingerprint density at radius 1 is 1.43 bits per heavy atom. The fraction of sp³-hybridized carbons (Fsp3) is 0.0909. The van der Waals surface area contributed by atoms with Crippen molar-refractivity contribution < 1.29 is 4.92 Å². The predicted octanol–water partition coefficient (Wildman–Crippen LogP) is 3.18. The molecular weight excluding hydrogens is 178 g/mol. The summed E-state index contributed by atoms with van der Waals surface area (Å²) in [6.45, 7) is 3.56. The summed E-state index contributed by atoms with van der Waals surface area (Å²) in [5.74, 6) is 0. The van der Waals surface area contributed by atoms with Crippen LogP contribution in [0.25, 0.3) is 6.08 Å². The van der Waals surface area contributed by atoms with E-state index in [9.17, 15) is 10.1 Å². The van der Waals surface area contributed by atoms with E-state index < -0.39 is 0 Å². The maximum absolute atomic E-state index is 10.6. The molecule has 0 radical (unpaired) electrons. The van der Waals surface area contributed by atoms with Crippen LogP contribution in [-0.4, -0.2) is 4.92 Å². The highest BCUT2D eigenvalue weighted by Crippen LogP contribution is 2.18. The zero-order valence-electron chi connectivity index (χ0n) is 7.72. The van der Waals surface area contributed by atoms with Crippen LogP contribution in [0.2, 0.25) is 0 Å². The van der Waals surface area contributed by atoms with E-state index in [1.165, 1.54) is 6.07 Å². The first kappa shape index (κ1) is 10.2. The van der Waals surface area contributed by atoms with E-state index in [1.807, 2.05) is 6.08 Å². The molecule has 72 valence electrons. The molecule has 0 N–H and O–H groups in total. The highest BCUT2D eigenvalue weighted by Gasteiger charge is 2.08. The molecule has 0 amide bonds. The lowest BCUT2D eigenvalue weighted by Gasteiger charge is -1.95. The van der Waals surface area contributed by atoms with E-state index >= 15 is 0 Å². The molecule has 0 atom stereocenters. The normalized spacial score (nSPS) is 10.3. The molecule has 0 saturated carbocycles. The molecule has 1 aromatic rings. The Morgan fingerprint density at radius 2 is 2.14 bits per heavy atom. The number of benzene rings is 1. The standard InChI is InChI=1S/C11H11NO2/c1-2-3-4-7-10-8-5-6-9-11(10)12(13)14/h2,4-9H,1,3H2. The summed E-state index contributed by atoms with van der Waals surface area (Å²) < 4.78 is 0. The van der Waals surface area contributed by atoms with Gasteiger partial charge in [0, 0.05) is 6.07 Å². The van der Waals surface area contributed by atoms with Crippen molar-refractivity contribution in [2.75, 3.05) is 0 Å². The summed E-state index contributed by atoms with van der Waals surface area (Å²) in [6.07, 6.45) is 6.03. The minimum Gasteiger partial charge on any atom is -0.258 e. The summed E-state index contributed by atoms with van der Waals surface area (Å²) in [4.78, 5) is 10.2. The van der Waals surface area contributed by atoms with Gasteiger partial charge in [-0.05, 0) is 12.5 Å². The highest BCUT2D eigenvalue weighted by atomic mass is 16.6. The van der Waals surface area contributed by atoms with Crippen molar-refractivity contribution in [1.29, 1.82) is 0 Å². The SMILES string of the molecule is C=CCC=Cc1ccccc1[N+](=O)[O-]. The van der Waals surface area contributed by atoms with Crippen LogP contribution in [0.3, 0.4) is 0 Å². The van der Waals surface area contributed by atoms with Crippen molar-refractivity contribution in [3.8, 4) is 0 Å². The quantitative estimate of drug-likeness (QED) is 0.414. The molecule has 0 bridgehead atoms. The third-order valence-electron chi connectivity index (χ3n) is 1.73. The van der Waals surface area contributed by atoms with Crippen LogP contribution in [0.15, 0.2) is 43.0 Å². The van der Waals surface area contributed by atoms with Crippen LogP contribution in [-0.2, 0) is 0 Å². The van der Waals surface area contributed by atoms with E-state index in [1.54, 1.807) is 30.4 Å². The van der Waals surface area contributed by atoms with Gasteiger partial charge in [-0.2, -0.15) is 0 Å². The lowest BCUT2D eigenvalue weighted by atomic mass is 10.1. The van der Waals surface area contributed by atoms with E-state index in [2.05, 4.69) is 6.58 Å². The summed E-state index contributed by atoms with van der Waals surface area (Å²) >= 11 is 0. The fourth-order valence-electron chi connectivity index (χ4n) is 1.09. The molecule has 0 saturated heterocycles. The molecule has 3 nitrogen and oxygen atoms in total. The molecule has 14 heavy (non-hydrogen) atoms. The van der Waals surface area contributed by atoms with Gasteiger partial charge in [0.05, 0.1) is 10.5 Å². The Bertz CT molecular complexity index is 369. The van der Waals surface area contributed by atoms with Crippen LogP contribution in [0.1, 0.15) is 12.0 Å². The fourth-order valence-corrected chi connectivity index (χ4v) is 1.09. The van der Waals surface area contributed by atoms with E-state index in [0.29, 0.717) is 12.0 Å². The Kier molecular flexibility index (Phi) is 3.61. The van der Waals surface area contributed by atoms with Gasteiger partial charge in [-0.25, -0.2) is 0 Å². The monoisotopic (exact) mass is 189 g/mol. The Labute approximate surface area is 82.5 Å². The summed E-state index contributed by atoms with van der Waals surface area (Å²) in [5, 5.41) is 10.6. The largest absolute Gasteiger partial charge is 0.276 e. The van der Waals surface area contributed by atoms with Gasteiger partial charge >= 0.3 is 0 Å². The minimum atomic E-state index is -0.381. The minimum absolute atomic E-state index is 0.132. The predicted molar refractivity (Wildman–Crippen MR) is 56.9 cm³/mol. The molecule has 0 spiro atoms. The van der Waals surface area contributed by atoms with Crippen molar-refractivity contribution in [3.63, 3.8) is 0 Å². The van der Waals surface area contributed by atoms with E-state index in [0.717, 1.165) is 0 Å². The van der Waals surface area contributed by atoms with Crippen LogP contribution in [0.4, 0.5) is 5.69 Å². The van der Waals surface area contributed by atoms with Crippen LogP contribution >= 0.6 is 0 Å². The zero-order valence-corrected chi connectivity index (χ0v) is 7.72.